The maximum atomic E-state index is 13.9. The Kier molecular flexibility index (Phi) is 8.94. The number of halogens is 1. The number of benzene rings is 2. The van der Waals surface area contributed by atoms with Gasteiger partial charge in [-0.2, -0.15) is 16.5 Å². The van der Waals surface area contributed by atoms with Crippen LogP contribution in [0.3, 0.4) is 0 Å². The summed E-state index contributed by atoms with van der Waals surface area (Å²) in [4.78, 5) is 12.1. The summed E-state index contributed by atoms with van der Waals surface area (Å²) in [6, 6.07) is 11.6. The molecule has 0 aromatic heterocycles. The van der Waals surface area contributed by atoms with Crippen LogP contribution in [0.5, 0.6) is 5.75 Å². The van der Waals surface area contributed by atoms with Crippen molar-refractivity contribution in [2.75, 3.05) is 25.7 Å². The Morgan fingerprint density at radius 3 is 2.48 bits per heavy atom. The molecule has 1 atom stereocenters. The monoisotopic (exact) mass is 440 g/mol. The average Bonchev–Trinajstić information content (AvgIpc) is 2.71. The molecule has 0 fully saturated rings. The van der Waals surface area contributed by atoms with Crippen molar-refractivity contribution < 1.29 is 22.3 Å². The molecule has 29 heavy (non-hydrogen) atoms. The molecule has 2 aromatic rings. The second kappa shape index (κ2) is 11.2. The number of rotatable bonds is 11. The van der Waals surface area contributed by atoms with Gasteiger partial charge in [0.25, 0.3) is 0 Å². The predicted octanol–water partition coefficient (Wildman–Crippen LogP) is 2.59. The maximum absolute atomic E-state index is 13.9. The number of nitrogens with one attached hydrogen (secondary N) is 2. The van der Waals surface area contributed by atoms with E-state index in [0.717, 1.165) is 17.4 Å². The Hall–Kier alpha value is -2.10. The molecule has 158 valence electrons. The van der Waals surface area contributed by atoms with Crippen LogP contribution in [0, 0.1) is 5.82 Å². The predicted molar refractivity (Wildman–Crippen MR) is 113 cm³/mol. The van der Waals surface area contributed by atoms with E-state index in [1.54, 1.807) is 7.11 Å². The van der Waals surface area contributed by atoms with Gasteiger partial charge in [0.1, 0.15) is 22.5 Å². The molecule has 0 heterocycles. The van der Waals surface area contributed by atoms with E-state index in [9.17, 15) is 17.6 Å². The molecule has 9 heteroatoms. The molecule has 0 aliphatic heterocycles. The number of thioether (sulfide) groups is 1. The zero-order chi connectivity index (χ0) is 21.3. The highest BCUT2D eigenvalue weighted by Crippen LogP contribution is 2.15. The van der Waals surface area contributed by atoms with Crippen LogP contribution in [0.4, 0.5) is 4.39 Å². The number of ether oxygens (including phenoxy) is 1. The number of carbonyl (C=O) groups excluding carboxylic acids is 1. The van der Waals surface area contributed by atoms with Crippen LogP contribution in [0.2, 0.25) is 0 Å². The Bertz CT molecular complexity index is 905. The lowest BCUT2D eigenvalue weighted by molar-refractivity contribution is -0.122. The van der Waals surface area contributed by atoms with Crippen LogP contribution >= 0.6 is 11.8 Å². The number of hydrogen-bond donors (Lipinski definition) is 2. The first-order chi connectivity index (χ1) is 13.9. The summed E-state index contributed by atoms with van der Waals surface area (Å²) >= 11 is 1.50. The van der Waals surface area contributed by atoms with Crippen molar-refractivity contribution >= 4 is 27.7 Å². The fourth-order valence-electron chi connectivity index (χ4n) is 2.64. The normalized spacial score (nSPS) is 12.4. The van der Waals surface area contributed by atoms with Gasteiger partial charge in [-0.05, 0) is 54.7 Å². The third kappa shape index (κ3) is 7.02. The fourth-order valence-corrected chi connectivity index (χ4v) is 4.42. The first-order valence-electron chi connectivity index (χ1n) is 9.04. The third-order valence-electron chi connectivity index (χ3n) is 4.22. The van der Waals surface area contributed by atoms with E-state index in [1.807, 2.05) is 30.5 Å². The summed E-state index contributed by atoms with van der Waals surface area (Å²) in [5.74, 6) is 0.0320. The average molecular weight is 441 g/mol. The summed E-state index contributed by atoms with van der Waals surface area (Å²) < 4.78 is 46.4. The van der Waals surface area contributed by atoms with Crippen molar-refractivity contribution in [3.05, 3.63) is 59.9 Å². The van der Waals surface area contributed by atoms with Gasteiger partial charge in [0.05, 0.1) is 7.11 Å². The summed E-state index contributed by atoms with van der Waals surface area (Å²) in [6.07, 6.45) is 2.75. The van der Waals surface area contributed by atoms with Crippen LogP contribution in [-0.4, -0.2) is 46.0 Å². The zero-order valence-corrected chi connectivity index (χ0v) is 18.0. The van der Waals surface area contributed by atoms with Gasteiger partial charge in [0.15, 0.2) is 0 Å². The lowest BCUT2D eigenvalue weighted by Crippen LogP contribution is -2.47. The van der Waals surface area contributed by atoms with Gasteiger partial charge in [-0.3, -0.25) is 4.79 Å². The largest absolute Gasteiger partial charge is 0.497 e. The SMILES string of the molecule is COc1ccc(CCNC(=O)C(CCSC)NS(=O)(=O)c2ccccc2F)cc1. The van der Waals surface area contributed by atoms with Crippen molar-refractivity contribution in [1.29, 1.82) is 0 Å². The number of hydrogen-bond acceptors (Lipinski definition) is 5. The molecule has 6 nitrogen and oxygen atoms in total. The molecule has 1 unspecified atom stereocenters. The Morgan fingerprint density at radius 2 is 1.86 bits per heavy atom. The fraction of sp³-hybridized carbons (Fsp3) is 0.350. The minimum absolute atomic E-state index is 0.295. The Labute approximate surface area is 175 Å². The highest BCUT2D eigenvalue weighted by molar-refractivity contribution is 7.98. The van der Waals surface area contributed by atoms with Gasteiger partial charge < -0.3 is 10.1 Å². The minimum atomic E-state index is -4.16. The topological polar surface area (TPSA) is 84.5 Å². The van der Waals surface area contributed by atoms with E-state index < -0.39 is 32.7 Å². The van der Waals surface area contributed by atoms with E-state index in [-0.39, 0.29) is 0 Å². The molecule has 2 aromatic carbocycles. The molecular formula is C20H25FN2O4S2. The van der Waals surface area contributed by atoms with Crippen molar-refractivity contribution in [2.24, 2.45) is 0 Å². The second-order valence-corrected chi connectivity index (χ2v) is 8.94. The standard InChI is InChI=1S/C20H25FN2O4S2/c1-27-16-9-7-15(8-10-16)11-13-22-20(24)18(12-14-28-2)23-29(25,26)19-6-4-3-5-17(19)21/h3-10,18,23H,11-14H2,1-2H3,(H,22,24). The van der Waals surface area contributed by atoms with Crippen molar-refractivity contribution in [1.82, 2.24) is 10.0 Å². The highest BCUT2D eigenvalue weighted by Gasteiger charge is 2.27. The molecule has 1 amide bonds. The van der Waals surface area contributed by atoms with Crippen molar-refractivity contribution in [3.8, 4) is 5.75 Å². The summed E-state index contributed by atoms with van der Waals surface area (Å²) in [6.45, 7) is 0.350. The molecule has 0 spiro atoms. The number of methoxy groups -OCH3 is 1. The molecule has 0 saturated carbocycles. The van der Waals surface area contributed by atoms with Gasteiger partial charge in [-0.15, -0.1) is 0 Å². The molecule has 0 aliphatic rings. The van der Waals surface area contributed by atoms with Gasteiger partial charge in [0, 0.05) is 6.54 Å². The van der Waals surface area contributed by atoms with Crippen LogP contribution in [0.25, 0.3) is 0 Å². The molecule has 0 saturated heterocycles. The third-order valence-corrected chi connectivity index (χ3v) is 6.37. The van der Waals surface area contributed by atoms with E-state index >= 15 is 0 Å². The number of sulfonamides is 1. The first kappa shape index (κ1) is 23.2. The van der Waals surface area contributed by atoms with E-state index in [0.29, 0.717) is 25.1 Å². The zero-order valence-electron chi connectivity index (χ0n) is 16.4. The Balaban J connectivity index is 2.00. The van der Waals surface area contributed by atoms with Gasteiger partial charge in [0.2, 0.25) is 15.9 Å². The highest BCUT2D eigenvalue weighted by atomic mass is 32.2. The van der Waals surface area contributed by atoms with Gasteiger partial charge >= 0.3 is 0 Å². The summed E-state index contributed by atoms with van der Waals surface area (Å²) in [5.41, 5.74) is 1.01. The first-order valence-corrected chi connectivity index (χ1v) is 11.9. The van der Waals surface area contributed by atoms with Crippen molar-refractivity contribution in [2.45, 2.75) is 23.8 Å². The molecular weight excluding hydrogens is 415 g/mol. The minimum Gasteiger partial charge on any atom is -0.497 e. The molecule has 2 rings (SSSR count). The van der Waals surface area contributed by atoms with Crippen LogP contribution in [0.1, 0.15) is 12.0 Å². The molecule has 0 radical (unpaired) electrons. The molecule has 0 bridgehead atoms. The molecule has 2 N–H and O–H groups in total. The van der Waals surface area contributed by atoms with Gasteiger partial charge in [-0.1, -0.05) is 24.3 Å². The maximum Gasteiger partial charge on any atom is 0.244 e. The van der Waals surface area contributed by atoms with E-state index in [1.165, 1.54) is 30.0 Å². The molecule has 0 aliphatic carbocycles. The lowest BCUT2D eigenvalue weighted by atomic mass is 10.1. The van der Waals surface area contributed by atoms with Crippen LogP contribution < -0.4 is 14.8 Å². The van der Waals surface area contributed by atoms with Crippen molar-refractivity contribution in [3.63, 3.8) is 0 Å². The second-order valence-electron chi connectivity index (χ2n) is 6.27. The Morgan fingerprint density at radius 1 is 1.17 bits per heavy atom. The number of amides is 1. The van der Waals surface area contributed by atoms with Crippen LogP contribution in [-0.2, 0) is 21.2 Å². The van der Waals surface area contributed by atoms with E-state index in [4.69, 9.17) is 4.74 Å². The lowest BCUT2D eigenvalue weighted by Gasteiger charge is -2.18. The summed E-state index contributed by atoms with van der Waals surface area (Å²) in [5, 5.41) is 2.76. The quantitative estimate of drug-likeness (QED) is 0.561. The van der Waals surface area contributed by atoms with E-state index in [2.05, 4.69) is 10.0 Å². The summed E-state index contributed by atoms with van der Waals surface area (Å²) in [7, 11) is -2.57. The van der Waals surface area contributed by atoms with Gasteiger partial charge in [-0.25, -0.2) is 12.8 Å². The smallest absolute Gasteiger partial charge is 0.244 e. The van der Waals surface area contributed by atoms with Crippen LogP contribution in [0.15, 0.2) is 53.4 Å². The number of carbonyl (C=O) groups is 1.